The molecule has 0 aromatic heterocycles. The fourth-order valence-electron chi connectivity index (χ4n) is 2.12. The van der Waals surface area contributed by atoms with Gasteiger partial charge in [-0.15, -0.1) is 0 Å². The summed E-state index contributed by atoms with van der Waals surface area (Å²) in [4.78, 5) is 12.5. The molecule has 5 heteroatoms. The molecular formula is C13H17NO4. The Morgan fingerprint density at radius 1 is 1.28 bits per heavy atom. The smallest absolute Gasteiger partial charge is 0.177 e. The van der Waals surface area contributed by atoms with Crippen LogP contribution < -0.4 is 15.2 Å². The Hall–Kier alpha value is -1.59. The van der Waals surface area contributed by atoms with Crippen LogP contribution in [-0.4, -0.2) is 39.3 Å². The van der Waals surface area contributed by atoms with E-state index in [1.807, 2.05) is 0 Å². The van der Waals surface area contributed by atoms with Crippen LogP contribution in [0, 0.1) is 5.92 Å². The Balaban J connectivity index is 2.39. The number of rotatable bonds is 4. The maximum atomic E-state index is 12.5. The molecule has 1 aromatic carbocycles. The summed E-state index contributed by atoms with van der Waals surface area (Å²) in [6.45, 7) is 0.759. The number of ether oxygens (including phenoxy) is 3. The average Bonchev–Trinajstić information content (AvgIpc) is 2.83. The van der Waals surface area contributed by atoms with E-state index in [2.05, 4.69) is 0 Å². The Morgan fingerprint density at radius 2 is 1.89 bits per heavy atom. The highest BCUT2D eigenvalue weighted by molar-refractivity contribution is 6.03. The Labute approximate surface area is 106 Å². The lowest BCUT2D eigenvalue weighted by atomic mass is 9.93. The standard InChI is InChI=1S/C13H17NO4/c1-16-10-4-3-5-11(17-2)12(10)13(15)8-6-18-7-9(8)14/h3-5,8-9H,6-7,14H2,1-2H3. The molecule has 2 rings (SSSR count). The lowest BCUT2D eigenvalue weighted by Gasteiger charge is -2.16. The second-order valence-corrected chi connectivity index (χ2v) is 4.21. The van der Waals surface area contributed by atoms with Gasteiger partial charge < -0.3 is 19.9 Å². The van der Waals surface area contributed by atoms with Crippen molar-refractivity contribution in [2.45, 2.75) is 6.04 Å². The number of carbonyl (C=O) groups excluding carboxylic acids is 1. The predicted molar refractivity (Wildman–Crippen MR) is 66.2 cm³/mol. The number of carbonyl (C=O) groups is 1. The normalized spacial score (nSPS) is 22.8. The summed E-state index contributed by atoms with van der Waals surface area (Å²) in [5.74, 6) is 0.571. The molecule has 1 heterocycles. The van der Waals surface area contributed by atoms with Gasteiger partial charge in [0.1, 0.15) is 17.1 Å². The number of methoxy groups -OCH3 is 2. The Morgan fingerprint density at radius 3 is 2.33 bits per heavy atom. The molecule has 98 valence electrons. The van der Waals surface area contributed by atoms with Crippen molar-refractivity contribution in [2.75, 3.05) is 27.4 Å². The van der Waals surface area contributed by atoms with Crippen molar-refractivity contribution < 1.29 is 19.0 Å². The van der Waals surface area contributed by atoms with Crippen molar-refractivity contribution >= 4 is 5.78 Å². The molecule has 5 nitrogen and oxygen atoms in total. The van der Waals surface area contributed by atoms with Crippen LogP contribution in [0.4, 0.5) is 0 Å². The molecule has 1 fully saturated rings. The SMILES string of the molecule is COc1cccc(OC)c1C(=O)C1COCC1N. The number of ketones is 1. The minimum Gasteiger partial charge on any atom is -0.496 e. The van der Waals surface area contributed by atoms with Crippen LogP contribution in [0.5, 0.6) is 11.5 Å². The highest BCUT2D eigenvalue weighted by Gasteiger charge is 2.34. The van der Waals surface area contributed by atoms with E-state index >= 15 is 0 Å². The van der Waals surface area contributed by atoms with Crippen molar-refractivity contribution in [3.05, 3.63) is 23.8 Å². The maximum absolute atomic E-state index is 12.5. The van der Waals surface area contributed by atoms with Gasteiger partial charge in [-0.1, -0.05) is 6.07 Å². The number of hydrogen-bond acceptors (Lipinski definition) is 5. The van der Waals surface area contributed by atoms with Gasteiger partial charge in [-0.05, 0) is 12.1 Å². The van der Waals surface area contributed by atoms with Crippen molar-refractivity contribution in [2.24, 2.45) is 11.7 Å². The molecule has 1 aliphatic heterocycles. The summed E-state index contributed by atoms with van der Waals surface area (Å²) in [6, 6.07) is 4.97. The monoisotopic (exact) mass is 251 g/mol. The molecule has 0 aliphatic carbocycles. The molecule has 0 spiro atoms. The van der Waals surface area contributed by atoms with Crippen LogP contribution in [0.1, 0.15) is 10.4 Å². The zero-order chi connectivity index (χ0) is 13.1. The van der Waals surface area contributed by atoms with Crippen molar-refractivity contribution in [3.63, 3.8) is 0 Å². The first-order valence-corrected chi connectivity index (χ1v) is 5.77. The molecule has 1 aromatic rings. The molecule has 0 bridgehead atoms. The third-order valence-electron chi connectivity index (χ3n) is 3.14. The van der Waals surface area contributed by atoms with E-state index in [0.29, 0.717) is 30.3 Å². The predicted octanol–water partition coefficient (Wildman–Crippen LogP) is 0.860. The van der Waals surface area contributed by atoms with Gasteiger partial charge >= 0.3 is 0 Å². The van der Waals surface area contributed by atoms with Gasteiger partial charge in [-0.25, -0.2) is 0 Å². The van der Waals surface area contributed by atoms with E-state index in [1.54, 1.807) is 18.2 Å². The van der Waals surface area contributed by atoms with E-state index in [-0.39, 0.29) is 17.7 Å². The van der Waals surface area contributed by atoms with Gasteiger partial charge in [0.05, 0.1) is 33.4 Å². The number of nitrogens with two attached hydrogens (primary N) is 1. The second-order valence-electron chi connectivity index (χ2n) is 4.21. The van der Waals surface area contributed by atoms with Gasteiger partial charge in [-0.3, -0.25) is 4.79 Å². The van der Waals surface area contributed by atoms with Crippen LogP contribution in [0.25, 0.3) is 0 Å². The first kappa shape index (κ1) is 12.9. The molecule has 2 unspecified atom stereocenters. The second kappa shape index (κ2) is 5.37. The Kier molecular flexibility index (Phi) is 3.84. The average molecular weight is 251 g/mol. The fraction of sp³-hybridized carbons (Fsp3) is 0.462. The summed E-state index contributed by atoms with van der Waals surface area (Å²) in [5.41, 5.74) is 6.31. The maximum Gasteiger partial charge on any atom is 0.177 e. The zero-order valence-corrected chi connectivity index (χ0v) is 10.5. The highest BCUT2D eigenvalue weighted by atomic mass is 16.5. The van der Waals surface area contributed by atoms with E-state index in [4.69, 9.17) is 19.9 Å². The number of benzene rings is 1. The fourth-order valence-corrected chi connectivity index (χ4v) is 2.12. The minimum absolute atomic E-state index is 0.0886. The van der Waals surface area contributed by atoms with E-state index in [9.17, 15) is 4.79 Å². The van der Waals surface area contributed by atoms with Crippen LogP contribution in [-0.2, 0) is 4.74 Å². The molecular weight excluding hydrogens is 234 g/mol. The molecule has 1 aliphatic rings. The summed E-state index contributed by atoms with van der Waals surface area (Å²) in [7, 11) is 3.05. The quantitative estimate of drug-likeness (QED) is 0.804. The van der Waals surface area contributed by atoms with Crippen molar-refractivity contribution in [1.82, 2.24) is 0 Å². The van der Waals surface area contributed by atoms with Gasteiger partial charge in [0.15, 0.2) is 5.78 Å². The molecule has 18 heavy (non-hydrogen) atoms. The minimum atomic E-state index is -0.338. The van der Waals surface area contributed by atoms with Gasteiger partial charge in [0.2, 0.25) is 0 Å². The van der Waals surface area contributed by atoms with Crippen molar-refractivity contribution in [1.29, 1.82) is 0 Å². The van der Waals surface area contributed by atoms with Crippen LogP contribution >= 0.6 is 0 Å². The Bertz CT molecular complexity index is 424. The zero-order valence-electron chi connectivity index (χ0n) is 10.5. The largest absolute Gasteiger partial charge is 0.496 e. The molecule has 2 atom stereocenters. The number of hydrogen-bond donors (Lipinski definition) is 1. The van der Waals surface area contributed by atoms with Crippen LogP contribution in [0.2, 0.25) is 0 Å². The first-order chi connectivity index (χ1) is 8.69. The molecule has 0 radical (unpaired) electrons. The van der Waals surface area contributed by atoms with Crippen LogP contribution in [0.15, 0.2) is 18.2 Å². The summed E-state index contributed by atoms with van der Waals surface area (Å²) in [5, 5.41) is 0. The van der Waals surface area contributed by atoms with Gasteiger partial charge in [0.25, 0.3) is 0 Å². The summed E-state index contributed by atoms with van der Waals surface area (Å²) in [6.07, 6.45) is 0. The molecule has 1 saturated heterocycles. The van der Waals surface area contributed by atoms with Crippen LogP contribution in [0.3, 0.4) is 0 Å². The molecule has 0 amide bonds. The highest BCUT2D eigenvalue weighted by Crippen LogP contribution is 2.32. The first-order valence-electron chi connectivity index (χ1n) is 5.77. The van der Waals surface area contributed by atoms with Crippen molar-refractivity contribution in [3.8, 4) is 11.5 Å². The molecule has 2 N–H and O–H groups in total. The van der Waals surface area contributed by atoms with Gasteiger partial charge in [-0.2, -0.15) is 0 Å². The summed E-state index contributed by atoms with van der Waals surface area (Å²) >= 11 is 0. The van der Waals surface area contributed by atoms with Gasteiger partial charge in [0, 0.05) is 6.04 Å². The van der Waals surface area contributed by atoms with E-state index < -0.39 is 0 Å². The number of Topliss-reactive ketones (excluding diaryl/α,β-unsaturated/α-hetero) is 1. The lowest BCUT2D eigenvalue weighted by molar-refractivity contribution is 0.0889. The van der Waals surface area contributed by atoms with E-state index in [0.717, 1.165) is 0 Å². The third kappa shape index (κ3) is 2.19. The summed E-state index contributed by atoms with van der Waals surface area (Å²) < 4.78 is 15.7. The topological polar surface area (TPSA) is 70.8 Å². The van der Waals surface area contributed by atoms with E-state index in [1.165, 1.54) is 14.2 Å². The third-order valence-corrected chi connectivity index (χ3v) is 3.14. The lowest BCUT2D eigenvalue weighted by Crippen LogP contribution is -2.34. The molecule has 0 saturated carbocycles.